The van der Waals surface area contributed by atoms with E-state index in [1.807, 2.05) is 36.4 Å². The number of para-hydroxylation sites is 7. The van der Waals surface area contributed by atoms with Crippen LogP contribution in [0.5, 0.6) is 0 Å². The van der Waals surface area contributed by atoms with Gasteiger partial charge in [0.15, 0.2) is 0 Å². The molecule has 0 N–H and O–H groups in total. The molecule has 0 atom stereocenters. The largest absolute Gasteiger partial charge is 0.456 e. The lowest BCUT2D eigenvalue weighted by Gasteiger charge is -2.25. The van der Waals surface area contributed by atoms with Crippen LogP contribution >= 0.6 is 0 Å². The first kappa shape index (κ1) is 57.8. The predicted octanol–water partition coefficient (Wildman–Crippen LogP) is 26.6. The van der Waals surface area contributed by atoms with Gasteiger partial charge in [0.1, 0.15) is 44.7 Å². The molecule has 7 heteroatoms. The van der Waals surface area contributed by atoms with E-state index in [2.05, 4.69) is 314 Å². The lowest BCUT2D eigenvalue weighted by molar-refractivity contribution is 0.656. The monoisotopic (exact) mass is 1320 g/mol. The van der Waals surface area contributed by atoms with Crippen molar-refractivity contribution in [2.24, 2.45) is 0 Å². The van der Waals surface area contributed by atoms with Crippen LogP contribution in [0.4, 0.5) is 0 Å². The third-order valence-electron chi connectivity index (χ3n) is 22.8. The summed E-state index contributed by atoms with van der Waals surface area (Å²) in [6.07, 6.45) is 0. The smallest absolute Gasteiger partial charge is 0.145 e. The van der Waals surface area contributed by atoms with Crippen LogP contribution in [-0.2, 0) is 10.8 Å². The predicted molar refractivity (Wildman–Crippen MR) is 427 cm³/mol. The second-order valence-electron chi connectivity index (χ2n) is 28.9. The van der Waals surface area contributed by atoms with E-state index in [0.717, 1.165) is 82.8 Å². The Labute approximate surface area is 590 Å². The van der Waals surface area contributed by atoms with Gasteiger partial charge in [-0.25, -0.2) is 0 Å². The second kappa shape index (κ2) is 21.2. The van der Waals surface area contributed by atoms with Crippen LogP contribution < -0.4 is 0 Å². The van der Waals surface area contributed by atoms with Gasteiger partial charge < -0.3 is 31.4 Å². The van der Waals surface area contributed by atoms with Crippen LogP contribution in [0.2, 0.25) is 0 Å². The fraction of sp³-hybridized carbons (Fsp3) is 0.0625. The molecule has 2 aliphatic carbocycles. The van der Waals surface area contributed by atoms with Gasteiger partial charge in [0.05, 0.1) is 49.6 Å². The molecular formula is C96H63N3O4. The number of benzene rings is 15. The third-order valence-corrected chi connectivity index (χ3v) is 22.8. The highest BCUT2D eigenvalue weighted by Gasteiger charge is 2.39. The van der Waals surface area contributed by atoms with Crippen LogP contribution in [-0.4, -0.2) is 13.7 Å². The lowest BCUT2D eigenvalue weighted by Crippen LogP contribution is -2.17. The van der Waals surface area contributed by atoms with E-state index in [1.54, 1.807) is 0 Å². The van der Waals surface area contributed by atoms with Gasteiger partial charge in [0, 0.05) is 99.0 Å². The van der Waals surface area contributed by atoms with E-state index in [1.165, 1.54) is 132 Å². The Morgan fingerprint density at radius 1 is 0.233 bits per heavy atom. The van der Waals surface area contributed by atoms with Gasteiger partial charge in [-0.3, -0.25) is 0 Å². The molecule has 0 fully saturated rings. The van der Waals surface area contributed by atoms with Crippen molar-refractivity contribution in [2.75, 3.05) is 0 Å². The fourth-order valence-corrected chi connectivity index (χ4v) is 18.2. The Kier molecular flexibility index (Phi) is 11.9. The van der Waals surface area contributed by atoms with E-state index in [-0.39, 0.29) is 10.8 Å². The number of fused-ring (bicyclic) bond motifs is 29. The molecule has 7 nitrogen and oxygen atoms in total. The first-order valence-electron chi connectivity index (χ1n) is 35.5. The molecular weight excluding hydrogens is 1260 g/mol. The topological polar surface area (TPSA) is 67.3 Å². The molecule has 0 aliphatic heterocycles. The summed E-state index contributed by atoms with van der Waals surface area (Å²) in [5, 5.41) is 16.6. The summed E-state index contributed by atoms with van der Waals surface area (Å²) in [6.45, 7) is 9.39. The van der Waals surface area contributed by atoms with E-state index < -0.39 is 0 Å². The maximum absolute atomic E-state index is 6.49. The summed E-state index contributed by atoms with van der Waals surface area (Å²) in [6, 6.07) is 110. The summed E-state index contributed by atoms with van der Waals surface area (Å²) in [7, 11) is 0. The minimum atomic E-state index is -0.0936. The normalized spacial score (nSPS) is 13.6. The Bertz CT molecular complexity index is 7390. The molecule has 103 heavy (non-hydrogen) atoms. The first-order chi connectivity index (χ1) is 50.6. The van der Waals surface area contributed by atoms with Gasteiger partial charge in [-0.2, -0.15) is 0 Å². The molecule has 15 aromatic carbocycles. The quantitative estimate of drug-likeness (QED) is 0.177. The minimum Gasteiger partial charge on any atom is -0.456 e. The van der Waals surface area contributed by atoms with E-state index in [9.17, 15) is 0 Å². The van der Waals surface area contributed by atoms with Crippen LogP contribution in [0.15, 0.2) is 327 Å². The number of aromatic nitrogens is 3. The maximum Gasteiger partial charge on any atom is 0.145 e. The zero-order valence-electron chi connectivity index (χ0n) is 56.9. The summed E-state index contributed by atoms with van der Waals surface area (Å²) in [4.78, 5) is 0. The van der Waals surface area contributed by atoms with Crippen molar-refractivity contribution in [2.45, 2.75) is 38.5 Å². The van der Waals surface area contributed by atoms with Crippen molar-refractivity contribution in [3.05, 3.63) is 332 Å². The average molecular weight is 1320 g/mol. The Morgan fingerprint density at radius 3 is 1.43 bits per heavy atom. The Morgan fingerprint density at radius 2 is 0.709 bits per heavy atom. The standard InChI is InChI=1S/2C33H23NO.C30H17NO2/c1-33(2)25-14-6-3-10-20(25)22-13-9-16-28(31(22)33)34-26-15-7-4-12-24(26)30-27(34)19-18-23-21-11-5-8-17-29(21)35-32(23)30;1-33(2)26-12-6-3-9-21(26)22-16-15-20(19-27(22)33)34-28-13-7-4-10-23(28)24-17-18-30-31(32(24)34)25-11-5-8-14-29(25)35-30;1-4-10-25-19(7-1)23-16-24-21-9-3-6-12-28(21)33-30(24)17-26(23)31(25)18-13-14-22-20-8-2-5-11-27(20)32-29(22)15-18/h2*3-19H,1-2H3;1-17H. The van der Waals surface area contributed by atoms with Crippen molar-refractivity contribution < 1.29 is 17.7 Å². The second-order valence-corrected chi connectivity index (χ2v) is 28.9. The highest BCUT2D eigenvalue weighted by molar-refractivity contribution is 6.26. The number of furan rings is 4. The first-order valence-corrected chi connectivity index (χ1v) is 35.5. The average Bonchev–Trinajstić information content (AvgIpc) is 1.56. The van der Waals surface area contributed by atoms with Crippen molar-refractivity contribution in [3.8, 4) is 39.3 Å². The fourth-order valence-electron chi connectivity index (χ4n) is 18.2. The Hall–Kier alpha value is -13.1. The lowest BCUT2D eigenvalue weighted by atomic mass is 9.81. The molecule has 0 amide bonds. The van der Waals surface area contributed by atoms with Gasteiger partial charge in [0.2, 0.25) is 0 Å². The maximum atomic E-state index is 6.49. The van der Waals surface area contributed by atoms with Crippen molar-refractivity contribution in [1.82, 2.24) is 13.7 Å². The highest BCUT2D eigenvalue weighted by atomic mass is 16.3. The van der Waals surface area contributed by atoms with E-state index >= 15 is 0 Å². The van der Waals surface area contributed by atoms with Crippen molar-refractivity contribution >= 4 is 153 Å². The molecule has 2 aliphatic rings. The number of rotatable bonds is 3. The number of hydrogen-bond acceptors (Lipinski definition) is 4. The van der Waals surface area contributed by atoms with Crippen LogP contribution in [0.1, 0.15) is 49.9 Å². The summed E-state index contributed by atoms with van der Waals surface area (Å²) in [5.41, 5.74) is 28.8. The van der Waals surface area contributed by atoms with Crippen molar-refractivity contribution in [1.29, 1.82) is 0 Å². The van der Waals surface area contributed by atoms with Crippen LogP contribution in [0, 0.1) is 0 Å². The molecule has 0 unspecified atom stereocenters. The summed E-state index contributed by atoms with van der Waals surface area (Å²) in [5.74, 6) is 0. The molecule has 24 rings (SSSR count). The van der Waals surface area contributed by atoms with Gasteiger partial charge in [-0.1, -0.05) is 222 Å². The summed E-state index contributed by atoms with van der Waals surface area (Å²) < 4.78 is 32.4. The van der Waals surface area contributed by atoms with Crippen LogP contribution in [0.25, 0.3) is 192 Å². The molecule has 22 aromatic rings. The van der Waals surface area contributed by atoms with Gasteiger partial charge >= 0.3 is 0 Å². The third kappa shape index (κ3) is 8.10. The summed E-state index contributed by atoms with van der Waals surface area (Å²) >= 11 is 0. The SMILES string of the molecule is CC1(C)c2ccccc2-c2ccc(-n3c4ccccc4c4ccc5oc6ccccc6c5c43)cc21.CC1(C)c2ccccc2-c2cccc(-n3c4ccccc4c4c5oc6ccccc6c5ccc43)c21.c1ccc2c(c1)oc1cc(-n3c4ccccc4c4cc5c(cc43)oc3ccccc35)ccc12. The van der Waals surface area contributed by atoms with E-state index in [0.29, 0.717) is 0 Å². The molecule has 486 valence electrons. The molecule has 0 bridgehead atoms. The zero-order chi connectivity index (χ0) is 68.1. The van der Waals surface area contributed by atoms with Gasteiger partial charge in [0.25, 0.3) is 0 Å². The van der Waals surface area contributed by atoms with Gasteiger partial charge in [-0.05, 0) is 148 Å². The molecule has 7 aromatic heterocycles. The molecule has 0 spiro atoms. The van der Waals surface area contributed by atoms with Crippen molar-refractivity contribution in [3.63, 3.8) is 0 Å². The van der Waals surface area contributed by atoms with Gasteiger partial charge in [-0.15, -0.1) is 0 Å². The number of nitrogens with zero attached hydrogens (tertiary/aromatic N) is 3. The molecule has 0 saturated heterocycles. The molecule has 0 saturated carbocycles. The highest BCUT2D eigenvalue weighted by Crippen LogP contribution is 2.54. The number of hydrogen-bond donors (Lipinski definition) is 0. The zero-order valence-corrected chi connectivity index (χ0v) is 56.9. The molecule has 7 heterocycles. The van der Waals surface area contributed by atoms with Crippen LogP contribution in [0.3, 0.4) is 0 Å². The minimum absolute atomic E-state index is 0.0433. The molecule has 0 radical (unpaired) electrons. The van der Waals surface area contributed by atoms with E-state index in [4.69, 9.17) is 17.7 Å². The Balaban J connectivity index is 0.0000000974.